The Morgan fingerprint density at radius 1 is 1.09 bits per heavy atom. The number of unbranched alkanes of at least 4 members (excludes halogenated alkanes) is 1. The molecule has 0 aliphatic rings. The summed E-state index contributed by atoms with van der Waals surface area (Å²) in [5.74, 6) is 0.198. The number of carbonyl (C=O) groups excluding carboxylic acids is 2. The molecule has 1 unspecified atom stereocenters. The fraction of sp³-hybridized carbons (Fsp3) is 0.440. The van der Waals surface area contributed by atoms with Crippen LogP contribution < -0.4 is 10.1 Å². The molecule has 0 fully saturated rings. The van der Waals surface area contributed by atoms with E-state index < -0.39 is 6.04 Å². The molecular formula is C25H32Cl2N2O3. The smallest absolute Gasteiger partial charge is 0.261 e. The summed E-state index contributed by atoms with van der Waals surface area (Å²) < 4.78 is 5.84. The van der Waals surface area contributed by atoms with Gasteiger partial charge in [0, 0.05) is 23.1 Å². The third kappa shape index (κ3) is 7.42. The van der Waals surface area contributed by atoms with Gasteiger partial charge in [-0.2, -0.15) is 0 Å². The van der Waals surface area contributed by atoms with Crippen molar-refractivity contribution in [2.24, 2.45) is 0 Å². The molecule has 2 rings (SSSR count). The topological polar surface area (TPSA) is 58.6 Å². The van der Waals surface area contributed by atoms with Crippen molar-refractivity contribution in [2.45, 2.75) is 59.5 Å². The van der Waals surface area contributed by atoms with Crippen LogP contribution in [0.4, 0.5) is 0 Å². The quantitative estimate of drug-likeness (QED) is 0.420. The van der Waals surface area contributed by atoms with Crippen molar-refractivity contribution < 1.29 is 14.3 Å². The zero-order valence-corrected chi connectivity index (χ0v) is 20.7. The first-order valence-corrected chi connectivity index (χ1v) is 11.7. The minimum Gasteiger partial charge on any atom is -0.483 e. The molecule has 1 atom stereocenters. The van der Waals surface area contributed by atoms with Crippen molar-refractivity contribution in [1.82, 2.24) is 10.2 Å². The number of nitrogens with one attached hydrogen (secondary N) is 1. The van der Waals surface area contributed by atoms with Gasteiger partial charge in [-0.3, -0.25) is 9.59 Å². The number of amides is 2. The van der Waals surface area contributed by atoms with Crippen LogP contribution in [-0.2, 0) is 16.1 Å². The molecule has 0 saturated heterocycles. The second-order valence-electron chi connectivity index (χ2n) is 7.88. The van der Waals surface area contributed by atoms with Crippen molar-refractivity contribution in [3.63, 3.8) is 0 Å². The lowest BCUT2D eigenvalue weighted by Crippen LogP contribution is -2.50. The molecule has 2 amide bonds. The molecule has 0 spiro atoms. The summed E-state index contributed by atoms with van der Waals surface area (Å²) in [7, 11) is 0. The lowest BCUT2D eigenvalue weighted by atomic mass is 10.1. The molecule has 0 aromatic heterocycles. The summed E-state index contributed by atoms with van der Waals surface area (Å²) in [5, 5.41) is 3.91. The maximum atomic E-state index is 13.3. The van der Waals surface area contributed by atoms with Gasteiger partial charge in [0.05, 0.1) is 0 Å². The minimum absolute atomic E-state index is 0.172. The Hall–Kier alpha value is -2.24. The number of rotatable bonds is 11. The van der Waals surface area contributed by atoms with Gasteiger partial charge in [0.2, 0.25) is 5.91 Å². The van der Waals surface area contributed by atoms with E-state index in [-0.39, 0.29) is 25.0 Å². The van der Waals surface area contributed by atoms with Crippen LogP contribution in [0.25, 0.3) is 0 Å². The number of nitrogens with zero attached hydrogens (tertiary/aromatic N) is 1. The molecule has 0 aliphatic carbocycles. The fourth-order valence-corrected chi connectivity index (χ4v) is 3.81. The number of benzene rings is 2. The number of hydrogen-bond donors (Lipinski definition) is 1. The molecule has 2 aromatic rings. The highest BCUT2D eigenvalue weighted by Crippen LogP contribution is 2.24. The molecule has 7 heteroatoms. The van der Waals surface area contributed by atoms with E-state index in [0.717, 1.165) is 29.5 Å². The third-order valence-corrected chi connectivity index (χ3v) is 5.85. The van der Waals surface area contributed by atoms with Crippen molar-refractivity contribution in [3.8, 4) is 5.75 Å². The third-order valence-electron chi connectivity index (χ3n) is 5.27. The van der Waals surface area contributed by atoms with E-state index in [9.17, 15) is 9.59 Å². The largest absolute Gasteiger partial charge is 0.483 e. The van der Waals surface area contributed by atoms with Crippen LogP contribution in [0.2, 0.25) is 10.0 Å². The molecule has 5 nitrogen and oxygen atoms in total. The Bertz CT molecular complexity index is 933. The molecule has 32 heavy (non-hydrogen) atoms. The van der Waals surface area contributed by atoms with Crippen LogP contribution in [-0.4, -0.2) is 35.9 Å². The Morgan fingerprint density at radius 2 is 1.84 bits per heavy atom. The van der Waals surface area contributed by atoms with Crippen molar-refractivity contribution in [2.75, 3.05) is 13.2 Å². The number of ether oxygens (including phenoxy) is 1. The predicted molar refractivity (Wildman–Crippen MR) is 130 cm³/mol. The van der Waals surface area contributed by atoms with Gasteiger partial charge in [0.15, 0.2) is 6.61 Å². The molecule has 0 aliphatic heterocycles. The second kappa shape index (κ2) is 12.7. The summed E-state index contributed by atoms with van der Waals surface area (Å²) in [6.45, 7) is 8.44. The Balaban J connectivity index is 2.25. The SMILES string of the molecule is CCCCNC(=O)C(CC)N(Cc1ccc(Cl)cc1Cl)C(=O)COc1cc(C)ccc1C. The number of hydrogen-bond acceptors (Lipinski definition) is 3. The standard InChI is InChI=1S/C25H32Cl2N2O3/c1-5-7-12-28-25(31)22(6-2)29(15-19-10-11-20(26)14-21(19)27)24(30)16-32-23-13-17(3)8-9-18(23)4/h8-11,13-14,22H,5-7,12,15-16H2,1-4H3,(H,28,31). The van der Waals surface area contributed by atoms with Gasteiger partial charge in [-0.15, -0.1) is 0 Å². The van der Waals surface area contributed by atoms with Gasteiger partial charge < -0.3 is 15.0 Å². The first-order chi connectivity index (χ1) is 15.3. The van der Waals surface area contributed by atoms with Crippen molar-refractivity contribution >= 4 is 35.0 Å². The fourth-order valence-electron chi connectivity index (χ4n) is 3.34. The van der Waals surface area contributed by atoms with Crippen LogP contribution in [0.1, 0.15) is 49.8 Å². The van der Waals surface area contributed by atoms with Gasteiger partial charge in [-0.25, -0.2) is 0 Å². The van der Waals surface area contributed by atoms with E-state index >= 15 is 0 Å². The number of aryl methyl sites for hydroxylation is 2. The van der Waals surface area contributed by atoms with E-state index in [2.05, 4.69) is 12.2 Å². The molecule has 2 aromatic carbocycles. The number of carbonyl (C=O) groups is 2. The van der Waals surface area contributed by atoms with Gasteiger partial charge in [0.1, 0.15) is 11.8 Å². The maximum absolute atomic E-state index is 13.3. The van der Waals surface area contributed by atoms with Gasteiger partial charge >= 0.3 is 0 Å². The van der Waals surface area contributed by atoms with E-state index in [1.54, 1.807) is 23.1 Å². The van der Waals surface area contributed by atoms with Gasteiger partial charge in [-0.1, -0.05) is 61.7 Å². The summed E-state index contributed by atoms with van der Waals surface area (Å²) in [4.78, 5) is 27.7. The lowest BCUT2D eigenvalue weighted by Gasteiger charge is -2.31. The summed E-state index contributed by atoms with van der Waals surface area (Å²) >= 11 is 12.4. The molecular weight excluding hydrogens is 447 g/mol. The highest BCUT2D eigenvalue weighted by atomic mass is 35.5. The summed E-state index contributed by atoms with van der Waals surface area (Å²) in [6.07, 6.45) is 2.33. The van der Waals surface area contributed by atoms with Crippen LogP contribution >= 0.6 is 23.2 Å². The van der Waals surface area contributed by atoms with Crippen molar-refractivity contribution in [1.29, 1.82) is 0 Å². The van der Waals surface area contributed by atoms with Crippen LogP contribution in [0, 0.1) is 13.8 Å². The van der Waals surface area contributed by atoms with E-state index in [1.807, 2.05) is 39.0 Å². The van der Waals surface area contributed by atoms with Crippen LogP contribution in [0.15, 0.2) is 36.4 Å². The molecule has 0 radical (unpaired) electrons. The Labute approximate surface area is 201 Å². The van der Waals surface area contributed by atoms with E-state index in [4.69, 9.17) is 27.9 Å². The van der Waals surface area contributed by atoms with Gasteiger partial charge in [-0.05, 0) is 61.6 Å². The van der Waals surface area contributed by atoms with Gasteiger partial charge in [0.25, 0.3) is 5.91 Å². The maximum Gasteiger partial charge on any atom is 0.261 e. The first-order valence-electron chi connectivity index (χ1n) is 11.0. The minimum atomic E-state index is -0.631. The van der Waals surface area contributed by atoms with E-state index in [1.165, 1.54) is 0 Å². The molecule has 0 bridgehead atoms. The molecule has 1 N–H and O–H groups in total. The van der Waals surface area contributed by atoms with Crippen molar-refractivity contribution in [3.05, 3.63) is 63.1 Å². The van der Waals surface area contributed by atoms with E-state index in [0.29, 0.717) is 28.8 Å². The second-order valence-corrected chi connectivity index (χ2v) is 8.73. The number of halogens is 2. The van der Waals surface area contributed by atoms with Crippen LogP contribution in [0.3, 0.4) is 0 Å². The normalized spacial score (nSPS) is 11.7. The summed E-state index contributed by atoms with van der Waals surface area (Å²) in [5.41, 5.74) is 2.71. The molecule has 174 valence electrons. The lowest BCUT2D eigenvalue weighted by molar-refractivity contribution is -0.143. The van der Waals surface area contributed by atoms with Crippen LogP contribution in [0.5, 0.6) is 5.75 Å². The average Bonchev–Trinajstić information content (AvgIpc) is 2.75. The first kappa shape index (κ1) is 26.0. The molecule has 0 saturated carbocycles. The Morgan fingerprint density at radius 3 is 2.50 bits per heavy atom. The highest BCUT2D eigenvalue weighted by molar-refractivity contribution is 6.35. The highest BCUT2D eigenvalue weighted by Gasteiger charge is 2.29. The predicted octanol–water partition coefficient (Wildman–Crippen LogP) is 5.71. The molecule has 0 heterocycles. The zero-order valence-electron chi connectivity index (χ0n) is 19.2. The Kier molecular flexibility index (Phi) is 10.3. The summed E-state index contributed by atoms with van der Waals surface area (Å²) in [6, 6.07) is 10.4. The zero-order chi connectivity index (χ0) is 23.7. The average molecular weight is 479 g/mol. The monoisotopic (exact) mass is 478 g/mol.